The van der Waals surface area contributed by atoms with E-state index in [2.05, 4.69) is 31.6 Å². The molecule has 6 aliphatic heterocycles. The maximum atomic E-state index is 13.9. The molecule has 0 aromatic carbocycles. The predicted octanol–water partition coefficient (Wildman–Crippen LogP) is 1.90. The zero-order valence-corrected chi connectivity index (χ0v) is 31.9. The maximum absolute atomic E-state index is 13.9. The van der Waals surface area contributed by atoms with Crippen molar-refractivity contribution < 1.29 is 35.6 Å². The summed E-state index contributed by atoms with van der Waals surface area (Å²) in [6, 6.07) is 2.03. The standard InChI is InChI=1S/C36H52N10O8S/c47-33-43-21-31(35(7-8-35)19-29(43)27-17-25(51-41-27)5-15-39-23-1-11-37-12-2-23)45(33)53-55(49,50)54-46-32-22-44(34(46)48)30(20-36(32)9-10-36)28-18-26(52-42-28)6-16-40-24-3-13-38-14-4-24/h17-18,23-24,29-32,37-40H,1-16,19-22H2/t29-,30-,31-,32-/m0/s1. The summed E-state index contributed by atoms with van der Waals surface area (Å²) in [5, 5.41) is 24.6. The monoisotopic (exact) mass is 784 g/mol. The summed E-state index contributed by atoms with van der Waals surface area (Å²) in [6.45, 7) is 6.23. The van der Waals surface area contributed by atoms with Crippen LogP contribution in [0.4, 0.5) is 9.59 Å². The van der Waals surface area contributed by atoms with Crippen LogP contribution in [0.5, 0.6) is 0 Å². The fraction of sp³-hybridized carbons (Fsp3) is 0.778. The van der Waals surface area contributed by atoms with E-state index < -0.39 is 34.5 Å². The van der Waals surface area contributed by atoms with E-state index in [-0.39, 0.29) is 22.9 Å². The van der Waals surface area contributed by atoms with Crippen LogP contribution in [-0.4, -0.2) is 127 Å². The Kier molecular flexibility index (Phi) is 9.14. The Labute approximate surface area is 320 Å². The third-order valence-corrected chi connectivity index (χ3v) is 14.5. The molecule has 4 bridgehead atoms. The van der Waals surface area contributed by atoms with E-state index in [1.165, 1.54) is 0 Å². The molecule has 19 heteroatoms. The number of amides is 4. The normalized spacial score (nSPS) is 30.0. The number of rotatable bonds is 14. The topological polar surface area (TPSA) is 200 Å². The Bertz CT molecular complexity index is 1740. The molecule has 8 heterocycles. The highest BCUT2D eigenvalue weighted by Gasteiger charge is 2.66. The Balaban J connectivity index is 0.781. The first-order valence-corrected chi connectivity index (χ1v) is 21.7. The third-order valence-electron chi connectivity index (χ3n) is 13.8. The fourth-order valence-corrected chi connectivity index (χ4v) is 11.0. The number of nitrogens with one attached hydrogen (secondary N) is 4. The van der Waals surface area contributed by atoms with Crippen molar-refractivity contribution in [1.29, 1.82) is 0 Å². The number of piperidine rings is 4. The van der Waals surface area contributed by atoms with Gasteiger partial charge in [0.25, 0.3) is 0 Å². The minimum atomic E-state index is -4.87. The van der Waals surface area contributed by atoms with E-state index in [1.807, 2.05) is 12.1 Å². The molecule has 6 saturated heterocycles. The molecule has 8 aliphatic rings. The highest BCUT2D eigenvalue weighted by molar-refractivity contribution is 7.81. The first-order valence-electron chi connectivity index (χ1n) is 20.3. The van der Waals surface area contributed by atoms with Crippen LogP contribution in [0.25, 0.3) is 0 Å². The van der Waals surface area contributed by atoms with Gasteiger partial charge >= 0.3 is 22.5 Å². The van der Waals surface area contributed by atoms with Crippen LogP contribution < -0.4 is 21.3 Å². The van der Waals surface area contributed by atoms with Crippen molar-refractivity contribution in [1.82, 2.24) is 51.5 Å². The van der Waals surface area contributed by atoms with Crippen molar-refractivity contribution in [3.8, 4) is 0 Å². The summed E-state index contributed by atoms with van der Waals surface area (Å²) in [5.74, 6) is 1.49. The van der Waals surface area contributed by atoms with Crippen molar-refractivity contribution in [2.75, 3.05) is 52.4 Å². The van der Waals surface area contributed by atoms with Crippen LogP contribution in [0, 0.1) is 10.8 Å². The Hall–Kier alpha value is -3.33. The molecule has 2 aromatic rings. The van der Waals surface area contributed by atoms with Crippen molar-refractivity contribution in [2.45, 2.75) is 113 Å². The Morgan fingerprint density at radius 3 is 1.53 bits per heavy atom. The number of hydrogen-bond acceptors (Lipinski definition) is 14. The molecule has 2 aliphatic carbocycles. The lowest BCUT2D eigenvalue weighted by molar-refractivity contribution is -0.101. The number of fused-ring (bicyclic) bond motifs is 6. The van der Waals surface area contributed by atoms with Gasteiger partial charge in [-0.3, -0.25) is 0 Å². The van der Waals surface area contributed by atoms with Gasteiger partial charge in [-0.1, -0.05) is 10.3 Å². The molecule has 55 heavy (non-hydrogen) atoms. The van der Waals surface area contributed by atoms with E-state index in [1.54, 1.807) is 9.80 Å². The van der Waals surface area contributed by atoms with Gasteiger partial charge in [0.05, 0.1) is 24.2 Å². The molecule has 4 N–H and O–H groups in total. The summed E-state index contributed by atoms with van der Waals surface area (Å²) < 4.78 is 49.8. The van der Waals surface area contributed by atoms with Crippen molar-refractivity contribution >= 4 is 22.5 Å². The van der Waals surface area contributed by atoms with Gasteiger partial charge < -0.3 is 40.1 Å². The Morgan fingerprint density at radius 2 is 1.13 bits per heavy atom. The van der Waals surface area contributed by atoms with Gasteiger partial charge in [0.1, 0.15) is 22.9 Å². The van der Waals surface area contributed by atoms with Gasteiger partial charge in [-0.2, -0.15) is 18.5 Å². The number of hydroxylamine groups is 4. The molecule has 2 saturated carbocycles. The SMILES string of the molecule is O=C1N2C[C@H](N1OS(=O)(=O)ON1C(=O)N3C[C@H]1C1(CC1)C[C@H]3c1cc(CCNC3CCNCC3)on1)C1(CC1)C[C@H]2c1cc(CCNC2CCNCC2)on1. The fourth-order valence-electron chi connectivity index (χ4n) is 10.2. The van der Waals surface area contributed by atoms with Crippen LogP contribution >= 0.6 is 0 Å². The average Bonchev–Trinajstić information content (AvgIpc) is 3.91. The lowest BCUT2D eigenvalue weighted by Crippen LogP contribution is -2.45. The molecule has 300 valence electrons. The van der Waals surface area contributed by atoms with Crippen LogP contribution in [0.15, 0.2) is 21.2 Å². The second-order valence-electron chi connectivity index (χ2n) is 17.2. The molecule has 0 radical (unpaired) electrons. The minimum absolute atomic E-state index is 0.296. The van der Waals surface area contributed by atoms with Crippen LogP contribution in [0.3, 0.4) is 0 Å². The van der Waals surface area contributed by atoms with Crippen molar-refractivity contribution in [3.05, 3.63) is 35.0 Å². The van der Waals surface area contributed by atoms with Crippen LogP contribution in [0.2, 0.25) is 0 Å². The predicted molar refractivity (Wildman–Crippen MR) is 193 cm³/mol. The lowest BCUT2D eigenvalue weighted by atomic mass is 9.84. The first kappa shape index (κ1) is 36.0. The van der Waals surface area contributed by atoms with Gasteiger partial charge in [-0.15, -0.1) is 8.57 Å². The third kappa shape index (κ3) is 6.82. The number of carbonyl (C=O) groups excluding carboxylic acids is 2. The van der Waals surface area contributed by atoms with E-state index in [0.717, 1.165) is 112 Å². The second kappa shape index (κ2) is 13.9. The van der Waals surface area contributed by atoms with Gasteiger partial charge in [0, 0.05) is 63.2 Å². The minimum Gasteiger partial charge on any atom is -0.361 e. The van der Waals surface area contributed by atoms with Gasteiger partial charge in [-0.25, -0.2) is 9.59 Å². The van der Waals surface area contributed by atoms with Crippen molar-refractivity contribution in [2.24, 2.45) is 10.8 Å². The zero-order valence-electron chi connectivity index (χ0n) is 31.1. The summed E-state index contributed by atoms with van der Waals surface area (Å²) in [5.41, 5.74) is 0.736. The highest BCUT2D eigenvalue weighted by Crippen LogP contribution is 2.63. The molecule has 2 spiro atoms. The van der Waals surface area contributed by atoms with Crippen LogP contribution in [0.1, 0.15) is 99.2 Å². The summed E-state index contributed by atoms with van der Waals surface area (Å²) in [6.07, 6.45) is 10.4. The average molecular weight is 785 g/mol. The van der Waals surface area contributed by atoms with E-state index in [9.17, 15) is 18.0 Å². The molecular weight excluding hydrogens is 733 g/mol. The van der Waals surface area contributed by atoms with Gasteiger partial charge in [0.15, 0.2) is 0 Å². The van der Waals surface area contributed by atoms with E-state index >= 15 is 0 Å². The second-order valence-corrected chi connectivity index (χ2v) is 18.3. The number of carbonyl (C=O) groups is 2. The molecule has 18 nitrogen and oxygen atoms in total. The molecule has 4 amide bonds. The summed E-state index contributed by atoms with van der Waals surface area (Å²) in [7, 11) is -4.87. The van der Waals surface area contributed by atoms with E-state index in [4.69, 9.17) is 17.6 Å². The van der Waals surface area contributed by atoms with E-state index in [0.29, 0.717) is 62.2 Å². The molecule has 0 unspecified atom stereocenters. The first-order chi connectivity index (χ1) is 26.7. The highest BCUT2D eigenvalue weighted by atomic mass is 32.3. The lowest BCUT2D eigenvalue weighted by Gasteiger charge is -2.36. The molecular formula is C36H52N10O8S. The number of hydrogen-bond donors (Lipinski definition) is 4. The Morgan fingerprint density at radius 1 is 0.709 bits per heavy atom. The van der Waals surface area contributed by atoms with Gasteiger partial charge in [0.2, 0.25) is 0 Å². The number of aromatic nitrogens is 2. The molecule has 4 atom stereocenters. The maximum Gasteiger partial charge on any atom is 0.442 e. The molecule has 2 aromatic heterocycles. The molecule has 8 fully saturated rings. The van der Waals surface area contributed by atoms with Crippen molar-refractivity contribution in [3.63, 3.8) is 0 Å². The zero-order chi connectivity index (χ0) is 37.4. The van der Waals surface area contributed by atoms with Crippen LogP contribution in [-0.2, 0) is 31.8 Å². The molecule has 10 rings (SSSR count). The number of urea groups is 2. The largest absolute Gasteiger partial charge is 0.442 e. The quantitative estimate of drug-likeness (QED) is 0.217. The smallest absolute Gasteiger partial charge is 0.361 e. The summed E-state index contributed by atoms with van der Waals surface area (Å²) in [4.78, 5) is 31.0. The summed E-state index contributed by atoms with van der Waals surface area (Å²) >= 11 is 0. The number of nitrogens with zero attached hydrogens (tertiary/aromatic N) is 6. The van der Waals surface area contributed by atoms with Gasteiger partial charge in [-0.05, 0) is 101 Å².